The summed E-state index contributed by atoms with van der Waals surface area (Å²) in [6.07, 6.45) is 0. The lowest BCUT2D eigenvalue weighted by molar-refractivity contribution is 0.122. The molecule has 0 radical (unpaired) electrons. The molecule has 0 amide bonds. The van der Waals surface area contributed by atoms with Gasteiger partial charge in [-0.05, 0) is 24.3 Å². The van der Waals surface area contributed by atoms with Crippen molar-refractivity contribution in [2.75, 3.05) is 7.11 Å². The van der Waals surface area contributed by atoms with E-state index in [1.54, 1.807) is 7.11 Å². The number of aromatic amines is 1. The summed E-state index contributed by atoms with van der Waals surface area (Å²) in [4.78, 5) is 7.74. The van der Waals surface area contributed by atoms with Crippen LogP contribution in [0, 0.1) is 0 Å². The first-order valence-corrected chi connectivity index (χ1v) is 4.31. The molecule has 1 heterocycles. The zero-order valence-electron chi connectivity index (χ0n) is 7.91. The van der Waals surface area contributed by atoms with E-state index in [1.807, 2.05) is 24.3 Å². The highest BCUT2D eigenvalue weighted by Gasteiger charge is 2.01. The molecule has 4 nitrogen and oxygen atoms in total. The van der Waals surface area contributed by atoms with E-state index in [4.69, 9.17) is 10.6 Å². The third-order valence-electron chi connectivity index (χ3n) is 2.12. The van der Waals surface area contributed by atoms with E-state index in [2.05, 4.69) is 9.82 Å². The molecule has 2 aromatic rings. The van der Waals surface area contributed by atoms with Gasteiger partial charge in [0.05, 0.1) is 7.11 Å². The molecule has 0 saturated carbocycles. The molecule has 1 aromatic carbocycles. The average molecular weight is 192 g/mol. The summed E-state index contributed by atoms with van der Waals surface area (Å²) < 4.78 is 5.12. The second kappa shape index (κ2) is 3.69. The van der Waals surface area contributed by atoms with Gasteiger partial charge in [0.25, 0.3) is 0 Å². The Morgan fingerprint density at radius 1 is 1.36 bits per heavy atom. The van der Waals surface area contributed by atoms with E-state index in [9.17, 15) is 0 Å². The SMILES string of the molecule is COc1ccc2[nH]c(CON)cc2c1. The highest BCUT2D eigenvalue weighted by molar-refractivity contribution is 5.81. The zero-order valence-corrected chi connectivity index (χ0v) is 7.91. The lowest BCUT2D eigenvalue weighted by atomic mass is 10.2. The summed E-state index contributed by atoms with van der Waals surface area (Å²) in [6.45, 7) is 0.386. The van der Waals surface area contributed by atoms with Crippen LogP contribution in [0.25, 0.3) is 10.9 Å². The Kier molecular flexibility index (Phi) is 2.39. The van der Waals surface area contributed by atoms with Gasteiger partial charge in [0, 0.05) is 16.6 Å². The fraction of sp³-hybridized carbons (Fsp3) is 0.200. The quantitative estimate of drug-likeness (QED) is 0.725. The molecule has 74 valence electrons. The summed E-state index contributed by atoms with van der Waals surface area (Å²) in [7, 11) is 1.65. The predicted molar refractivity (Wildman–Crippen MR) is 53.8 cm³/mol. The van der Waals surface area contributed by atoms with Gasteiger partial charge in [-0.15, -0.1) is 0 Å². The maximum Gasteiger partial charge on any atom is 0.119 e. The minimum Gasteiger partial charge on any atom is -0.497 e. The number of nitrogens with two attached hydrogens (primary N) is 1. The number of benzene rings is 1. The van der Waals surface area contributed by atoms with Crippen molar-refractivity contribution in [2.45, 2.75) is 6.61 Å². The summed E-state index contributed by atoms with van der Waals surface area (Å²) in [5.74, 6) is 5.84. The van der Waals surface area contributed by atoms with Gasteiger partial charge in [0.2, 0.25) is 0 Å². The number of ether oxygens (including phenoxy) is 1. The lowest BCUT2D eigenvalue weighted by Gasteiger charge is -1.97. The van der Waals surface area contributed by atoms with Crippen LogP contribution in [0.5, 0.6) is 5.75 Å². The summed E-state index contributed by atoms with van der Waals surface area (Å²) in [5, 5.41) is 1.09. The van der Waals surface area contributed by atoms with Gasteiger partial charge in [-0.2, -0.15) is 0 Å². The molecule has 0 unspecified atom stereocenters. The smallest absolute Gasteiger partial charge is 0.119 e. The number of hydrogen-bond acceptors (Lipinski definition) is 3. The highest BCUT2D eigenvalue weighted by Crippen LogP contribution is 2.21. The molecule has 0 fully saturated rings. The van der Waals surface area contributed by atoms with Crippen molar-refractivity contribution in [3.8, 4) is 5.75 Å². The molecule has 14 heavy (non-hydrogen) atoms. The fourth-order valence-corrected chi connectivity index (χ4v) is 1.47. The first-order chi connectivity index (χ1) is 6.83. The number of aromatic nitrogens is 1. The van der Waals surface area contributed by atoms with Crippen molar-refractivity contribution >= 4 is 10.9 Å². The Morgan fingerprint density at radius 2 is 2.21 bits per heavy atom. The normalized spacial score (nSPS) is 10.7. The Labute approximate surface area is 81.6 Å². The summed E-state index contributed by atoms with van der Waals surface area (Å²) >= 11 is 0. The standard InChI is InChI=1S/C10H12N2O2/c1-13-9-2-3-10-7(5-9)4-8(12-10)6-14-11/h2-5,12H,6,11H2,1H3. The largest absolute Gasteiger partial charge is 0.497 e. The molecule has 1 aromatic heterocycles. The highest BCUT2D eigenvalue weighted by atomic mass is 16.6. The molecule has 0 spiro atoms. The number of H-pyrrole nitrogens is 1. The molecule has 3 N–H and O–H groups in total. The third kappa shape index (κ3) is 1.57. The molecule has 4 heteroatoms. The van der Waals surface area contributed by atoms with Gasteiger partial charge >= 0.3 is 0 Å². The van der Waals surface area contributed by atoms with Crippen molar-refractivity contribution < 1.29 is 9.57 Å². The van der Waals surface area contributed by atoms with Crippen LogP contribution in [-0.4, -0.2) is 12.1 Å². The van der Waals surface area contributed by atoms with Crippen molar-refractivity contribution in [3.63, 3.8) is 0 Å². The molecule has 2 rings (SSSR count). The van der Waals surface area contributed by atoms with Crippen molar-refractivity contribution in [3.05, 3.63) is 30.0 Å². The zero-order chi connectivity index (χ0) is 9.97. The maximum absolute atomic E-state index is 5.12. The Bertz CT molecular complexity index is 437. The molecule has 0 atom stereocenters. The maximum atomic E-state index is 5.12. The van der Waals surface area contributed by atoms with Gasteiger partial charge in [0.15, 0.2) is 0 Å². The van der Waals surface area contributed by atoms with Crippen LogP contribution in [0.3, 0.4) is 0 Å². The summed E-state index contributed by atoms with van der Waals surface area (Å²) in [5.41, 5.74) is 2.01. The van der Waals surface area contributed by atoms with Crippen LogP contribution >= 0.6 is 0 Å². The van der Waals surface area contributed by atoms with Crippen LogP contribution in [0.2, 0.25) is 0 Å². The van der Waals surface area contributed by atoms with Crippen LogP contribution < -0.4 is 10.6 Å². The van der Waals surface area contributed by atoms with E-state index in [0.29, 0.717) is 6.61 Å². The van der Waals surface area contributed by atoms with E-state index in [1.165, 1.54) is 0 Å². The number of methoxy groups -OCH3 is 1. The van der Waals surface area contributed by atoms with Gasteiger partial charge in [-0.3, -0.25) is 4.84 Å². The molecule has 0 aliphatic carbocycles. The number of fused-ring (bicyclic) bond motifs is 1. The van der Waals surface area contributed by atoms with Crippen LogP contribution in [-0.2, 0) is 11.4 Å². The average Bonchev–Trinajstić information content (AvgIpc) is 2.59. The van der Waals surface area contributed by atoms with Gasteiger partial charge < -0.3 is 9.72 Å². The third-order valence-corrected chi connectivity index (χ3v) is 2.12. The number of hydrogen-bond donors (Lipinski definition) is 2. The van der Waals surface area contributed by atoms with Gasteiger partial charge in [-0.1, -0.05) is 0 Å². The topological polar surface area (TPSA) is 60.3 Å². The molecule has 0 aliphatic heterocycles. The molecular formula is C10H12N2O2. The summed E-state index contributed by atoms with van der Waals surface area (Å²) in [6, 6.07) is 7.83. The first kappa shape index (κ1) is 9.05. The second-order valence-electron chi connectivity index (χ2n) is 3.06. The fourth-order valence-electron chi connectivity index (χ4n) is 1.47. The van der Waals surface area contributed by atoms with E-state index >= 15 is 0 Å². The van der Waals surface area contributed by atoms with Crippen molar-refractivity contribution in [1.29, 1.82) is 0 Å². The number of nitrogens with one attached hydrogen (secondary N) is 1. The van der Waals surface area contributed by atoms with E-state index in [0.717, 1.165) is 22.3 Å². The monoisotopic (exact) mass is 192 g/mol. The van der Waals surface area contributed by atoms with Crippen LogP contribution in [0.1, 0.15) is 5.69 Å². The van der Waals surface area contributed by atoms with Crippen molar-refractivity contribution in [2.24, 2.45) is 5.90 Å². The lowest BCUT2D eigenvalue weighted by Crippen LogP contribution is -1.98. The van der Waals surface area contributed by atoms with E-state index < -0.39 is 0 Å². The molecule has 0 saturated heterocycles. The minimum absolute atomic E-state index is 0.386. The molecule has 0 bridgehead atoms. The van der Waals surface area contributed by atoms with Crippen LogP contribution in [0.4, 0.5) is 0 Å². The van der Waals surface area contributed by atoms with Gasteiger partial charge in [-0.25, -0.2) is 5.90 Å². The first-order valence-electron chi connectivity index (χ1n) is 4.31. The predicted octanol–water partition coefficient (Wildman–Crippen LogP) is 1.57. The minimum atomic E-state index is 0.386. The van der Waals surface area contributed by atoms with E-state index in [-0.39, 0.29) is 0 Å². The van der Waals surface area contributed by atoms with Crippen LogP contribution in [0.15, 0.2) is 24.3 Å². The molecular weight excluding hydrogens is 180 g/mol. The number of rotatable bonds is 3. The Hall–Kier alpha value is -1.52. The van der Waals surface area contributed by atoms with Crippen molar-refractivity contribution in [1.82, 2.24) is 4.98 Å². The Morgan fingerprint density at radius 3 is 2.93 bits per heavy atom. The molecule has 0 aliphatic rings. The van der Waals surface area contributed by atoms with Gasteiger partial charge in [0.1, 0.15) is 12.4 Å². The Balaban J connectivity index is 2.43. The second-order valence-corrected chi connectivity index (χ2v) is 3.06.